The van der Waals surface area contributed by atoms with Crippen LogP contribution in [0.2, 0.25) is 0 Å². The van der Waals surface area contributed by atoms with Gasteiger partial charge in [0, 0.05) is 18.1 Å². The molecule has 1 aromatic carbocycles. The zero-order valence-corrected chi connectivity index (χ0v) is 10.8. The average Bonchev–Trinajstić information content (AvgIpc) is 2.38. The van der Waals surface area contributed by atoms with Crippen molar-refractivity contribution in [3.63, 3.8) is 0 Å². The number of aromatic amines is 1. The smallest absolute Gasteiger partial charge is 0.251 e. The molecule has 0 radical (unpaired) electrons. The number of nitrogens with one attached hydrogen (secondary N) is 1. The molecule has 2 rings (SSSR count). The van der Waals surface area contributed by atoms with Crippen molar-refractivity contribution >= 4 is 0 Å². The summed E-state index contributed by atoms with van der Waals surface area (Å²) in [4.78, 5) is 18.7. The minimum absolute atomic E-state index is 0.139. The van der Waals surface area contributed by atoms with Gasteiger partial charge in [-0.3, -0.25) is 4.79 Å². The lowest BCUT2D eigenvalue weighted by Gasteiger charge is -2.09. The zero-order chi connectivity index (χ0) is 13.1. The molecule has 0 bridgehead atoms. The van der Waals surface area contributed by atoms with E-state index in [9.17, 15) is 4.79 Å². The Kier molecular flexibility index (Phi) is 3.46. The van der Waals surface area contributed by atoms with Gasteiger partial charge in [0.15, 0.2) is 0 Å². The number of H-pyrrole nitrogens is 1. The fourth-order valence-corrected chi connectivity index (χ4v) is 1.84. The SMILES string of the molecule is CCc1nc(-c2cc(C)ccc2OC)cc(=O)[nH]1. The van der Waals surface area contributed by atoms with Crippen molar-refractivity contribution < 1.29 is 4.74 Å². The highest BCUT2D eigenvalue weighted by Crippen LogP contribution is 2.28. The monoisotopic (exact) mass is 244 g/mol. The third-order valence-electron chi connectivity index (χ3n) is 2.76. The quantitative estimate of drug-likeness (QED) is 0.901. The second kappa shape index (κ2) is 5.04. The lowest BCUT2D eigenvalue weighted by atomic mass is 10.1. The van der Waals surface area contributed by atoms with Crippen LogP contribution >= 0.6 is 0 Å². The summed E-state index contributed by atoms with van der Waals surface area (Å²) in [6, 6.07) is 7.33. The molecule has 94 valence electrons. The van der Waals surface area contributed by atoms with Gasteiger partial charge in [-0.05, 0) is 19.1 Å². The van der Waals surface area contributed by atoms with Gasteiger partial charge in [-0.15, -0.1) is 0 Å². The Bertz CT molecular complexity index is 617. The van der Waals surface area contributed by atoms with Crippen LogP contribution in [0.1, 0.15) is 18.3 Å². The van der Waals surface area contributed by atoms with Crippen LogP contribution in [-0.4, -0.2) is 17.1 Å². The fourth-order valence-electron chi connectivity index (χ4n) is 1.84. The lowest BCUT2D eigenvalue weighted by molar-refractivity contribution is 0.416. The number of rotatable bonds is 3. The third-order valence-corrected chi connectivity index (χ3v) is 2.76. The maximum Gasteiger partial charge on any atom is 0.251 e. The number of benzene rings is 1. The highest BCUT2D eigenvalue weighted by molar-refractivity contribution is 5.67. The molecular formula is C14H16N2O2. The molecule has 0 unspecified atom stereocenters. The van der Waals surface area contributed by atoms with Gasteiger partial charge in [-0.2, -0.15) is 0 Å². The third kappa shape index (κ3) is 2.42. The summed E-state index contributed by atoms with van der Waals surface area (Å²) in [5.41, 5.74) is 2.46. The topological polar surface area (TPSA) is 55.0 Å². The highest BCUT2D eigenvalue weighted by Gasteiger charge is 2.09. The number of methoxy groups -OCH3 is 1. The first-order valence-electron chi connectivity index (χ1n) is 5.89. The molecule has 0 aliphatic heterocycles. The van der Waals surface area contributed by atoms with Crippen molar-refractivity contribution in [1.82, 2.24) is 9.97 Å². The Hall–Kier alpha value is -2.10. The first-order chi connectivity index (χ1) is 8.63. The van der Waals surface area contributed by atoms with Crippen molar-refractivity contribution in [3.8, 4) is 17.0 Å². The van der Waals surface area contributed by atoms with Crippen LogP contribution in [0.5, 0.6) is 5.75 Å². The van der Waals surface area contributed by atoms with Crippen LogP contribution in [-0.2, 0) is 6.42 Å². The first-order valence-corrected chi connectivity index (χ1v) is 5.89. The van der Waals surface area contributed by atoms with E-state index >= 15 is 0 Å². The second-order valence-electron chi connectivity index (χ2n) is 4.13. The van der Waals surface area contributed by atoms with Crippen LogP contribution in [0.15, 0.2) is 29.1 Å². The minimum Gasteiger partial charge on any atom is -0.496 e. The van der Waals surface area contributed by atoms with Gasteiger partial charge in [0.05, 0.1) is 12.8 Å². The minimum atomic E-state index is -0.139. The van der Waals surface area contributed by atoms with Crippen molar-refractivity contribution in [2.24, 2.45) is 0 Å². The van der Waals surface area contributed by atoms with Crippen molar-refractivity contribution in [2.75, 3.05) is 7.11 Å². The summed E-state index contributed by atoms with van der Waals surface area (Å²) < 4.78 is 5.32. The molecule has 4 nitrogen and oxygen atoms in total. The van der Waals surface area contributed by atoms with Crippen molar-refractivity contribution in [3.05, 3.63) is 46.0 Å². The standard InChI is InChI=1S/C14H16N2O2/c1-4-13-15-11(8-14(17)16-13)10-7-9(2)5-6-12(10)18-3/h5-8H,4H2,1-3H3,(H,15,16,17). The molecular weight excluding hydrogens is 228 g/mol. The molecule has 0 saturated heterocycles. The van der Waals surface area contributed by atoms with Crippen LogP contribution in [0, 0.1) is 6.92 Å². The second-order valence-corrected chi connectivity index (χ2v) is 4.13. The Morgan fingerprint density at radius 3 is 2.78 bits per heavy atom. The zero-order valence-electron chi connectivity index (χ0n) is 10.8. The normalized spacial score (nSPS) is 10.4. The van der Waals surface area contributed by atoms with E-state index in [1.165, 1.54) is 6.07 Å². The molecule has 0 atom stereocenters. The number of hydrogen-bond donors (Lipinski definition) is 1. The molecule has 0 saturated carbocycles. The Morgan fingerprint density at radius 2 is 2.11 bits per heavy atom. The number of aromatic nitrogens is 2. The van der Waals surface area contributed by atoms with E-state index in [0.29, 0.717) is 17.9 Å². The number of nitrogens with zero attached hydrogens (tertiary/aromatic N) is 1. The van der Waals surface area contributed by atoms with E-state index in [1.807, 2.05) is 32.0 Å². The van der Waals surface area contributed by atoms with E-state index in [1.54, 1.807) is 7.11 Å². The predicted molar refractivity (Wildman–Crippen MR) is 71.0 cm³/mol. The fraction of sp³-hybridized carbons (Fsp3) is 0.286. The maximum atomic E-state index is 11.6. The summed E-state index contributed by atoms with van der Waals surface area (Å²) in [5, 5.41) is 0. The molecule has 0 spiro atoms. The van der Waals surface area contributed by atoms with Crippen LogP contribution < -0.4 is 10.3 Å². The molecule has 1 heterocycles. The maximum absolute atomic E-state index is 11.6. The molecule has 1 aromatic heterocycles. The van der Waals surface area contributed by atoms with Crippen molar-refractivity contribution in [2.45, 2.75) is 20.3 Å². The lowest BCUT2D eigenvalue weighted by Crippen LogP contribution is -2.10. The summed E-state index contributed by atoms with van der Waals surface area (Å²) in [6.45, 7) is 3.95. The number of aryl methyl sites for hydroxylation is 2. The molecule has 0 fully saturated rings. The average molecular weight is 244 g/mol. The van der Waals surface area contributed by atoms with Gasteiger partial charge in [0.2, 0.25) is 0 Å². The van der Waals surface area contributed by atoms with E-state index in [4.69, 9.17) is 4.74 Å². The molecule has 2 aromatic rings. The summed E-state index contributed by atoms with van der Waals surface area (Å²) in [6.07, 6.45) is 0.692. The molecule has 1 N–H and O–H groups in total. The first kappa shape index (κ1) is 12.4. The molecule has 18 heavy (non-hydrogen) atoms. The largest absolute Gasteiger partial charge is 0.496 e. The van der Waals surface area contributed by atoms with Crippen LogP contribution in [0.4, 0.5) is 0 Å². The Morgan fingerprint density at radius 1 is 1.33 bits per heavy atom. The molecule has 0 amide bonds. The van der Waals surface area contributed by atoms with Crippen LogP contribution in [0.3, 0.4) is 0 Å². The van der Waals surface area contributed by atoms with E-state index in [-0.39, 0.29) is 5.56 Å². The van der Waals surface area contributed by atoms with Gasteiger partial charge in [0.1, 0.15) is 11.6 Å². The van der Waals surface area contributed by atoms with Gasteiger partial charge in [-0.1, -0.05) is 18.6 Å². The Labute approximate surface area is 106 Å². The van der Waals surface area contributed by atoms with E-state index < -0.39 is 0 Å². The Balaban J connectivity index is 2.64. The molecule has 0 aliphatic rings. The molecule has 0 aliphatic carbocycles. The predicted octanol–water partition coefficient (Wildman–Crippen LogP) is 2.32. The summed E-state index contributed by atoms with van der Waals surface area (Å²) in [7, 11) is 1.61. The van der Waals surface area contributed by atoms with Gasteiger partial charge in [0.25, 0.3) is 5.56 Å². The summed E-state index contributed by atoms with van der Waals surface area (Å²) >= 11 is 0. The van der Waals surface area contributed by atoms with Gasteiger partial charge in [-0.25, -0.2) is 4.98 Å². The summed E-state index contributed by atoms with van der Waals surface area (Å²) in [5.74, 6) is 1.40. The highest BCUT2D eigenvalue weighted by atomic mass is 16.5. The van der Waals surface area contributed by atoms with E-state index in [2.05, 4.69) is 9.97 Å². The van der Waals surface area contributed by atoms with Gasteiger partial charge >= 0.3 is 0 Å². The van der Waals surface area contributed by atoms with Crippen LogP contribution in [0.25, 0.3) is 11.3 Å². The van der Waals surface area contributed by atoms with E-state index in [0.717, 1.165) is 16.9 Å². The molecule has 4 heteroatoms. The van der Waals surface area contributed by atoms with Gasteiger partial charge < -0.3 is 9.72 Å². The number of ether oxygens (including phenoxy) is 1. The van der Waals surface area contributed by atoms with Crippen molar-refractivity contribution in [1.29, 1.82) is 0 Å². The number of hydrogen-bond acceptors (Lipinski definition) is 3.